The first-order valence-electron chi connectivity index (χ1n) is 12.0. The Bertz CT molecular complexity index is 628. The zero-order chi connectivity index (χ0) is 24.5. The molecule has 0 aromatic rings. The third kappa shape index (κ3) is 6.04. The minimum atomic E-state index is -1.28. The van der Waals surface area contributed by atoms with E-state index in [1.807, 2.05) is 0 Å². The summed E-state index contributed by atoms with van der Waals surface area (Å²) in [6.45, 7) is 5.95. The number of nitrogens with two attached hydrogens (primary N) is 3. The van der Waals surface area contributed by atoms with Gasteiger partial charge in [0.05, 0.1) is 31.5 Å². The summed E-state index contributed by atoms with van der Waals surface area (Å²) in [4.78, 5) is 0. The minimum Gasteiger partial charge on any atom is -0.388 e. The molecule has 0 amide bonds. The van der Waals surface area contributed by atoms with Crippen LogP contribution in [0.2, 0.25) is 0 Å². The minimum absolute atomic E-state index is 0.0499. The van der Waals surface area contributed by atoms with Gasteiger partial charge in [0, 0.05) is 18.1 Å². The van der Waals surface area contributed by atoms with E-state index in [0.29, 0.717) is 12.3 Å². The van der Waals surface area contributed by atoms with E-state index in [9.17, 15) is 15.3 Å². The van der Waals surface area contributed by atoms with Gasteiger partial charge in [-0.25, -0.2) is 0 Å². The molecule has 12 unspecified atom stereocenters. The van der Waals surface area contributed by atoms with Crippen molar-refractivity contribution in [3.05, 3.63) is 0 Å². The van der Waals surface area contributed by atoms with Crippen LogP contribution >= 0.6 is 0 Å². The zero-order valence-electron chi connectivity index (χ0n) is 20.2. The molecule has 10 N–H and O–H groups in total. The maximum absolute atomic E-state index is 11.1. The van der Waals surface area contributed by atoms with Gasteiger partial charge in [0.1, 0.15) is 30.0 Å². The Morgan fingerprint density at radius 2 is 1.73 bits per heavy atom. The van der Waals surface area contributed by atoms with Gasteiger partial charge in [-0.1, -0.05) is 13.8 Å². The van der Waals surface area contributed by atoms with E-state index in [4.69, 9.17) is 36.1 Å². The van der Waals surface area contributed by atoms with E-state index in [1.165, 1.54) is 0 Å². The maximum atomic E-state index is 11.1. The molecule has 11 heteroatoms. The Labute approximate surface area is 196 Å². The van der Waals surface area contributed by atoms with Crippen molar-refractivity contribution >= 4 is 0 Å². The summed E-state index contributed by atoms with van der Waals surface area (Å²) in [6, 6.07) is -1.91. The van der Waals surface area contributed by atoms with Gasteiger partial charge in [-0.2, -0.15) is 0 Å². The monoisotopic (exact) mass is 476 g/mol. The van der Waals surface area contributed by atoms with Crippen LogP contribution in [-0.4, -0.2) is 108 Å². The van der Waals surface area contributed by atoms with E-state index >= 15 is 0 Å². The fraction of sp³-hybridized carbons (Fsp3) is 1.00. The van der Waals surface area contributed by atoms with Gasteiger partial charge in [0.2, 0.25) is 0 Å². The molecule has 3 rings (SSSR count). The van der Waals surface area contributed by atoms with E-state index in [2.05, 4.69) is 19.2 Å². The van der Waals surface area contributed by atoms with Crippen molar-refractivity contribution in [1.82, 2.24) is 5.32 Å². The summed E-state index contributed by atoms with van der Waals surface area (Å²) in [5.74, 6) is 0.377. The highest BCUT2D eigenvalue weighted by molar-refractivity contribution is 5.01. The van der Waals surface area contributed by atoms with Gasteiger partial charge in [-0.05, 0) is 39.2 Å². The zero-order valence-corrected chi connectivity index (χ0v) is 20.2. The first-order valence-corrected chi connectivity index (χ1v) is 12.0. The Balaban J connectivity index is 1.63. The van der Waals surface area contributed by atoms with Crippen molar-refractivity contribution in [3.8, 4) is 0 Å². The normalized spacial score (nSPS) is 49.4. The highest BCUT2D eigenvalue weighted by Gasteiger charge is 2.50. The lowest BCUT2D eigenvalue weighted by Gasteiger charge is -2.47. The Hall–Kier alpha value is -0.440. The Morgan fingerprint density at radius 1 is 1.06 bits per heavy atom. The summed E-state index contributed by atoms with van der Waals surface area (Å²) in [6.07, 6.45) is -3.06. The van der Waals surface area contributed by atoms with Gasteiger partial charge in [-0.3, -0.25) is 0 Å². The quantitative estimate of drug-likeness (QED) is 0.210. The number of aliphatic hydroxyl groups is 3. The SMILES string of the molecule is CNC1C(O)C(OC2C(N)CC(N)C(OCC3OC(C(C)C)CCC3N)C2O)OCC1(C)O. The maximum Gasteiger partial charge on any atom is 0.185 e. The van der Waals surface area contributed by atoms with Gasteiger partial charge in [0.25, 0.3) is 0 Å². The summed E-state index contributed by atoms with van der Waals surface area (Å²) in [7, 11) is 1.64. The first-order chi connectivity index (χ1) is 15.5. The molecule has 194 valence electrons. The molecule has 1 saturated carbocycles. The highest BCUT2D eigenvalue weighted by Crippen LogP contribution is 2.30. The van der Waals surface area contributed by atoms with Gasteiger partial charge in [0.15, 0.2) is 6.29 Å². The molecular formula is C22H44N4O7. The van der Waals surface area contributed by atoms with E-state index in [0.717, 1.165) is 12.8 Å². The second kappa shape index (κ2) is 11.1. The van der Waals surface area contributed by atoms with E-state index in [1.54, 1.807) is 14.0 Å². The van der Waals surface area contributed by atoms with Crippen LogP contribution in [0, 0.1) is 5.92 Å². The van der Waals surface area contributed by atoms with Gasteiger partial charge < -0.3 is 56.8 Å². The van der Waals surface area contributed by atoms with E-state index < -0.39 is 54.4 Å². The van der Waals surface area contributed by atoms with Crippen LogP contribution in [0.15, 0.2) is 0 Å². The standard InChI is InChI=1S/C22H44N4O7/c1-10(2)14-6-5-11(23)15(32-14)8-30-18-12(24)7-13(25)19(16(18)27)33-21-17(28)20(26-4)22(3,29)9-31-21/h10-21,26-29H,5-9,23-25H2,1-4H3. The van der Waals surface area contributed by atoms with Crippen molar-refractivity contribution in [2.45, 2.75) is 113 Å². The lowest BCUT2D eigenvalue weighted by Crippen LogP contribution is -2.68. The van der Waals surface area contributed by atoms with Crippen LogP contribution in [0.5, 0.6) is 0 Å². The number of rotatable bonds is 7. The van der Waals surface area contributed by atoms with Crippen molar-refractivity contribution in [2.24, 2.45) is 23.1 Å². The van der Waals surface area contributed by atoms with Crippen molar-refractivity contribution in [3.63, 3.8) is 0 Å². The molecule has 1 aliphatic carbocycles. The predicted octanol–water partition coefficient (Wildman–Crippen LogP) is -2.24. The van der Waals surface area contributed by atoms with Crippen LogP contribution in [0.3, 0.4) is 0 Å². The second-order valence-electron chi connectivity index (χ2n) is 10.4. The predicted molar refractivity (Wildman–Crippen MR) is 121 cm³/mol. The third-order valence-corrected chi connectivity index (χ3v) is 7.30. The summed E-state index contributed by atoms with van der Waals surface area (Å²) in [5, 5.41) is 35.1. The molecule has 0 radical (unpaired) electrons. The van der Waals surface area contributed by atoms with E-state index in [-0.39, 0.29) is 31.5 Å². The summed E-state index contributed by atoms with van der Waals surface area (Å²) in [5.41, 5.74) is 17.5. The van der Waals surface area contributed by atoms with Crippen molar-refractivity contribution < 1.29 is 34.3 Å². The number of likely N-dealkylation sites (N-methyl/N-ethyl adjacent to an activating group) is 1. The van der Waals surface area contributed by atoms with Gasteiger partial charge >= 0.3 is 0 Å². The fourth-order valence-electron chi connectivity index (χ4n) is 5.20. The molecular weight excluding hydrogens is 432 g/mol. The first kappa shape index (κ1) is 27.2. The summed E-state index contributed by atoms with van der Waals surface area (Å²) >= 11 is 0. The fourth-order valence-corrected chi connectivity index (χ4v) is 5.20. The number of ether oxygens (including phenoxy) is 4. The molecule has 2 aliphatic heterocycles. The van der Waals surface area contributed by atoms with Crippen LogP contribution in [0.4, 0.5) is 0 Å². The Kier molecular flexibility index (Phi) is 9.12. The molecule has 0 spiro atoms. The lowest BCUT2D eigenvalue weighted by molar-refractivity contribution is -0.298. The lowest BCUT2D eigenvalue weighted by atomic mass is 9.84. The Morgan fingerprint density at radius 3 is 2.36 bits per heavy atom. The average molecular weight is 477 g/mol. The molecule has 3 aliphatic rings. The molecule has 0 aromatic carbocycles. The largest absolute Gasteiger partial charge is 0.388 e. The molecule has 12 atom stereocenters. The van der Waals surface area contributed by atoms with Gasteiger partial charge in [-0.15, -0.1) is 0 Å². The van der Waals surface area contributed by atoms with Crippen LogP contribution < -0.4 is 22.5 Å². The van der Waals surface area contributed by atoms with Crippen LogP contribution in [-0.2, 0) is 18.9 Å². The smallest absolute Gasteiger partial charge is 0.185 e. The number of aliphatic hydroxyl groups excluding tert-OH is 2. The van der Waals surface area contributed by atoms with Crippen LogP contribution in [0.1, 0.15) is 40.0 Å². The molecule has 2 heterocycles. The summed E-state index contributed by atoms with van der Waals surface area (Å²) < 4.78 is 23.7. The molecule has 3 fully saturated rings. The number of nitrogens with one attached hydrogen (secondary N) is 1. The third-order valence-electron chi connectivity index (χ3n) is 7.30. The second-order valence-corrected chi connectivity index (χ2v) is 10.4. The molecule has 33 heavy (non-hydrogen) atoms. The van der Waals surface area contributed by atoms with Crippen molar-refractivity contribution in [1.29, 1.82) is 0 Å². The molecule has 0 aromatic heterocycles. The molecule has 2 saturated heterocycles. The molecule has 11 nitrogen and oxygen atoms in total. The highest BCUT2D eigenvalue weighted by atomic mass is 16.7. The number of hydrogen-bond donors (Lipinski definition) is 7. The molecule has 0 bridgehead atoms. The average Bonchev–Trinajstić information content (AvgIpc) is 2.73. The number of hydrogen-bond acceptors (Lipinski definition) is 11. The van der Waals surface area contributed by atoms with Crippen LogP contribution in [0.25, 0.3) is 0 Å². The topological polar surface area (TPSA) is 188 Å². The van der Waals surface area contributed by atoms with Crippen molar-refractivity contribution in [2.75, 3.05) is 20.3 Å².